The van der Waals surface area contributed by atoms with Crippen molar-refractivity contribution in [3.05, 3.63) is 53.8 Å². The molecule has 0 bridgehead atoms. The van der Waals surface area contributed by atoms with Gasteiger partial charge in [0.1, 0.15) is 0 Å². The van der Waals surface area contributed by atoms with Crippen molar-refractivity contribution in [1.82, 2.24) is 0 Å². The first kappa shape index (κ1) is 16.0. The van der Waals surface area contributed by atoms with Crippen molar-refractivity contribution in [2.24, 2.45) is 0 Å². The van der Waals surface area contributed by atoms with Crippen LogP contribution in [0.4, 0.5) is 28.9 Å². The van der Waals surface area contributed by atoms with E-state index >= 15 is 0 Å². The van der Waals surface area contributed by atoms with Gasteiger partial charge in [-0.2, -0.15) is 13.2 Å². The molecule has 116 valence electrons. The number of phenols is 1. The molecule has 2 aromatic carbocycles. The Labute approximate surface area is 128 Å². The number of para-hydroxylation sites is 1. The molecule has 2 rings (SSSR count). The number of rotatable bonds is 2. The molecular weight excluding hydrogens is 320 g/mol. The number of aromatic hydroxyl groups is 1. The Hall–Kier alpha value is -2.35. The lowest BCUT2D eigenvalue weighted by atomic mass is 10.2. The second kappa shape index (κ2) is 6.18. The van der Waals surface area contributed by atoms with Crippen LogP contribution in [0.3, 0.4) is 0 Å². The normalized spacial score (nSPS) is 11.1. The summed E-state index contributed by atoms with van der Waals surface area (Å²) in [7, 11) is 0. The van der Waals surface area contributed by atoms with Gasteiger partial charge in [0.25, 0.3) is 0 Å². The number of alkyl halides is 3. The Bertz CT molecular complexity index is 686. The van der Waals surface area contributed by atoms with Crippen LogP contribution in [-0.4, -0.2) is 10.2 Å². The quantitative estimate of drug-likeness (QED) is 0.435. The van der Waals surface area contributed by atoms with Crippen LogP contribution in [0.25, 0.3) is 0 Å². The topological polar surface area (TPSA) is 44.3 Å². The van der Waals surface area contributed by atoms with Crippen molar-refractivity contribution in [2.45, 2.75) is 6.18 Å². The lowest BCUT2D eigenvalue weighted by Gasteiger charge is -2.13. The number of nitrogens with one attached hydrogen (secondary N) is 2. The minimum absolute atomic E-state index is 0.000610. The highest BCUT2D eigenvalue weighted by Crippen LogP contribution is 2.30. The molecule has 0 atom stereocenters. The lowest BCUT2D eigenvalue weighted by molar-refractivity contribution is -0.137. The van der Waals surface area contributed by atoms with Crippen LogP contribution in [0, 0.1) is 5.82 Å². The van der Waals surface area contributed by atoms with E-state index in [1.54, 1.807) is 0 Å². The first-order valence-electron chi connectivity index (χ1n) is 6.00. The second-order valence-electron chi connectivity index (χ2n) is 4.29. The third-order valence-electron chi connectivity index (χ3n) is 2.71. The van der Waals surface area contributed by atoms with Gasteiger partial charge in [0.2, 0.25) is 0 Å². The number of anilines is 2. The Kier molecular flexibility index (Phi) is 4.51. The summed E-state index contributed by atoms with van der Waals surface area (Å²) < 4.78 is 50.4. The van der Waals surface area contributed by atoms with Crippen molar-refractivity contribution >= 4 is 28.7 Å². The van der Waals surface area contributed by atoms with Gasteiger partial charge in [0.15, 0.2) is 16.7 Å². The van der Waals surface area contributed by atoms with E-state index in [9.17, 15) is 22.7 Å². The molecule has 0 saturated carbocycles. The summed E-state index contributed by atoms with van der Waals surface area (Å²) in [6, 6.07) is 8.09. The van der Waals surface area contributed by atoms with E-state index in [4.69, 9.17) is 12.2 Å². The molecule has 0 fully saturated rings. The number of phenolic OH excluding ortho intramolecular Hbond substituents is 1. The first-order valence-corrected chi connectivity index (χ1v) is 6.41. The Morgan fingerprint density at radius 2 is 1.64 bits per heavy atom. The van der Waals surface area contributed by atoms with Gasteiger partial charge in [-0.25, -0.2) is 4.39 Å². The van der Waals surface area contributed by atoms with E-state index in [-0.39, 0.29) is 10.8 Å². The predicted octanol–water partition coefficient (Wildman–Crippen LogP) is 4.36. The Balaban J connectivity index is 2.05. The van der Waals surface area contributed by atoms with Crippen LogP contribution in [0.2, 0.25) is 0 Å². The van der Waals surface area contributed by atoms with Crippen molar-refractivity contribution in [1.29, 1.82) is 0 Å². The van der Waals surface area contributed by atoms with Crippen molar-refractivity contribution in [2.75, 3.05) is 10.6 Å². The van der Waals surface area contributed by atoms with Gasteiger partial charge in [-0.3, -0.25) is 0 Å². The number of benzene rings is 2. The molecule has 0 amide bonds. The monoisotopic (exact) mass is 330 g/mol. The zero-order chi connectivity index (χ0) is 16.3. The molecule has 2 aromatic rings. The molecule has 3 nitrogen and oxygen atoms in total. The summed E-state index contributed by atoms with van der Waals surface area (Å²) in [5, 5.41) is 14.7. The van der Waals surface area contributed by atoms with Gasteiger partial charge in [0.05, 0.1) is 11.3 Å². The molecule has 0 spiro atoms. The average Bonchev–Trinajstić information content (AvgIpc) is 2.43. The Morgan fingerprint density at radius 3 is 2.23 bits per heavy atom. The highest BCUT2D eigenvalue weighted by Gasteiger charge is 2.29. The van der Waals surface area contributed by atoms with Gasteiger partial charge in [-0.1, -0.05) is 6.07 Å². The maximum atomic E-state index is 13.2. The Morgan fingerprint density at radius 1 is 1.00 bits per heavy atom. The maximum Gasteiger partial charge on any atom is 0.416 e. The van der Waals surface area contributed by atoms with E-state index in [1.165, 1.54) is 24.3 Å². The standard InChI is InChI=1S/C14H10F4N2OS/c15-10-2-1-3-11(12(10)21)20-13(22)19-9-6-4-8(5-7-9)14(16,17)18/h1-7,21H,(H2,19,20,22). The first-order chi connectivity index (χ1) is 10.3. The molecule has 0 aromatic heterocycles. The summed E-state index contributed by atoms with van der Waals surface area (Å²) in [6.07, 6.45) is -4.41. The third-order valence-corrected chi connectivity index (χ3v) is 2.91. The van der Waals surface area contributed by atoms with Crippen LogP contribution in [-0.2, 0) is 6.18 Å². The summed E-state index contributed by atoms with van der Waals surface area (Å²) >= 11 is 4.95. The van der Waals surface area contributed by atoms with Crippen molar-refractivity contribution in [3.8, 4) is 5.75 Å². The summed E-state index contributed by atoms with van der Waals surface area (Å²) in [5.74, 6) is -1.42. The maximum absolute atomic E-state index is 13.2. The van der Waals surface area contributed by atoms with Gasteiger partial charge in [-0.05, 0) is 48.6 Å². The molecule has 0 aliphatic rings. The second-order valence-corrected chi connectivity index (χ2v) is 4.70. The van der Waals surface area contributed by atoms with Gasteiger partial charge >= 0.3 is 6.18 Å². The lowest BCUT2D eigenvalue weighted by Crippen LogP contribution is -2.19. The molecule has 0 unspecified atom stereocenters. The zero-order valence-corrected chi connectivity index (χ0v) is 11.7. The largest absolute Gasteiger partial charge is 0.503 e. The minimum Gasteiger partial charge on any atom is -0.503 e. The van der Waals surface area contributed by atoms with Crippen LogP contribution >= 0.6 is 12.2 Å². The molecule has 0 aliphatic carbocycles. The molecule has 0 radical (unpaired) electrons. The van der Waals surface area contributed by atoms with Gasteiger partial charge < -0.3 is 15.7 Å². The van der Waals surface area contributed by atoms with E-state index < -0.39 is 23.3 Å². The molecule has 0 heterocycles. The van der Waals surface area contributed by atoms with Crippen LogP contribution in [0.1, 0.15) is 5.56 Å². The fourth-order valence-corrected chi connectivity index (χ4v) is 1.87. The molecule has 0 saturated heterocycles. The number of halogens is 4. The smallest absolute Gasteiger partial charge is 0.416 e. The van der Waals surface area contributed by atoms with Crippen molar-refractivity contribution in [3.63, 3.8) is 0 Å². The van der Waals surface area contributed by atoms with E-state index in [2.05, 4.69) is 10.6 Å². The summed E-state index contributed by atoms with van der Waals surface area (Å²) in [6.45, 7) is 0. The predicted molar refractivity (Wildman–Crippen MR) is 79.4 cm³/mol. The highest BCUT2D eigenvalue weighted by atomic mass is 32.1. The zero-order valence-electron chi connectivity index (χ0n) is 10.9. The highest BCUT2D eigenvalue weighted by molar-refractivity contribution is 7.80. The van der Waals surface area contributed by atoms with E-state index in [0.29, 0.717) is 5.69 Å². The summed E-state index contributed by atoms with van der Waals surface area (Å²) in [4.78, 5) is 0. The molecule has 3 N–H and O–H groups in total. The molecule has 8 heteroatoms. The third kappa shape index (κ3) is 3.85. The minimum atomic E-state index is -4.41. The van der Waals surface area contributed by atoms with E-state index in [0.717, 1.165) is 18.2 Å². The average molecular weight is 330 g/mol. The van der Waals surface area contributed by atoms with E-state index in [1.807, 2.05) is 0 Å². The number of hydrogen-bond acceptors (Lipinski definition) is 2. The number of thiocarbonyl (C=S) groups is 1. The van der Waals surface area contributed by atoms with Gasteiger partial charge in [0, 0.05) is 5.69 Å². The molecule has 0 aliphatic heterocycles. The molecular formula is C14H10F4N2OS. The SMILES string of the molecule is Oc1c(F)cccc1NC(=S)Nc1ccc(C(F)(F)F)cc1. The van der Waals surface area contributed by atoms with Crippen LogP contribution < -0.4 is 10.6 Å². The van der Waals surface area contributed by atoms with Gasteiger partial charge in [-0.15, -0.1) is 0 Å². The van der Waals surface area contributed by atoms with Crippen LogP contribution in [0.15, 0.2) is 42.5 Å². The van der Waals surface area contributed by atoms with Crippen LogP contribution in [0.5, 0.6) is 5.75 Å². The number of hydrogen-bond donors (Lipinski definition) is 3. The fraction of sp³-hybridized carbons (Fsp3) is 0.0714. The fourth-order valence-electron chi connectivity index (χ4n) is 1.64. The molecule has 22 heavy (non-hydrogen) atoms. The van der Waals surface area contributed by atoms with Crippen molar-refractivity contribution < 1.29 is 22.7 Å². The summed E-state index contributed by atoms with van der Waals surface area (Å²) in [5.41, 5.74) is -0.412.